The minimum atomic E-state index is -3.33. The van der Waals surface area contributed by atoms with E-state index in [2.05, 4.69) is 32.0 Å². The molecular weight excluding hydrogens is 484 g/mol. The molecule has 35 heavy (non-hydrogen) atoms. The van der Waals surface area contributed by atoms with Crippen LogP contribution in [-0.4, -0.2) is 57.6 Å². The van der Waals surface area contributed by atoms with E-state index in [1.165, 1.54) is 11.3 Å². The summed E-state index contributed by atoms with van der Waals surface area (Å²) in [6.07, 6.45) is 1.47. The number of thiophene rings is 1. The first-order valence-corrected chi connectivity index (χ1v) is 13.8. The van der Waals surface area contributed by atoms with E-state index in [0.717, 1.165) is 40.1 Å². The fourth-order valence-electron chi connectivity index (χ4n) is 4.33. The molecule has 0 saturated carbocycles. The van der Waals surface area contributed by atoms with Crippen LogP contribution in [0.2, 0.25) is 0 Å². The molecule has 9 nitrogen and oxygen atoms in total. The van der Waals surface area contributed by atoms with Gasteiger partial charge in [-0.3, -0.25) is 0 Å². The molecule has 1 fully saturated rings. The lowest BCUT2D eigenvalue weighted by Gasteiger charge is -2.32. The molecule has 0 unspecified atom stereocenters. The van der Waals surface area contributed by atoms with Crippen LogP contribution in [-0.2, 0) is 15.8 Å². The van der Waals surface area contributed by atoms with E-state index in [1.807, 2.05) is 55.5 Å². The first-order valence-electron chi connectivity index (χ1n) is 11.4. The van der Waals surface area contributed by atoms with Crippen molar-refractivity contribution in [2.24, 2.45) is 0 Å². The molecule has 1 aliphatic heterocycles. The number of nitrogens with one attached hydrogen (secondary N) is 2. The maximum Gasteiger partial charge on any atom is 0.218 e. The summed E-state index contributed by atoms with van der Waals surface area (Å²) in [6.45, 7) is 2.87. The van der Waals surface area contributed by atoms with Gasteiger partial charge in [0, 0.05) is 35.3 Å². The molecule has 1 aliphatic rings. The molecule has 1 saturated heterocycles. The zero-order chi connectivity index (χ0) is 24.4. The number of benzene rings is 2. The number of aromatic amines is 1. The number of tetrazole rings is 1. The van der Waals surface area contributed by atoms with Crippen LogP contribution in [0.1, 0.15) is 24.0 Å². The molecule has 0 spiro atoms. The Kier molecular flexibility index (Phi) is 6.54. The summed E-state index contributed by atoms with van der Waals surface area (Å²) in [7, 11) is -3.33. The van der Waals surface area contributed by atoms with Gasteiger partial charge in [0.05, 0.1) is 5.75 Å². The quantitative estimate of drug-likeness (QED) is 0.343. The number of aromatic hydroxyl groups is 1. The topological polar surface area (TPSA) is 124 Å². The second-order valence-corrected chi connectivity index (χ2v) is 11.6. The highest BCUT2D eigenvalue weighted by atomic mass is 32.2. The van der Waals surface area contributed by atoms with E-state index >= 15 is 0 Å². The van der Waals surface area contributed by atoms with Gasteiger partial charge in [-0.2, -0.15) is 5.21 Å². The van der Waals surface area contributed by atoms with Crippen molar-refractivity contribution >= 4 is 27.0 Å². The fourth-order valence-corrected chi connectivity index (χ4v) is 7.02. The number of rotatable bonds is 7. The van der Waals surface area contributed by atoms with E-state index in [-0.39, 0.29) is 17.5 Å². The van der Waals surface area contributed by atoms with Crippen LogP contribution in [0.25, 0.3) is 21.1 Å². The molecule has 2 aromatic carbocycles. The lowest BCUT2D eigenvalue weighted by Crippen LogP contribution is -2.42. The summed E-state index contributed by atoms with van der Waals surface area (Å²) >= 11 is 1.42. The van der Waals surface area contributed by atoms with Gasteiger partial charge in [-0.15, -0.1) is 21.5 Å². The summed E-state index contributed by atoms with van der Waals surface area (Å²) in [5.74, 6) is 0.561. The number of hydrogen-bond acceptors (Lipinski definition) is 8. The zero-order valence-corrected chi connectivity index (χ0v) is 20.8. The normalized spacial score (nSPS) is 15.3. The Bertz CT molecular complexity index is 1400. The van der Waals surface area contributed by atoms with E-state index < -0.39 is 10.0 Å². The minimum absolute atomic E-state index is 0.0346. The molecular formula is C24H26N6O3S2. The van der Waals surface area contributed by atoms with Crippen LogP contribution in [0, 0.1) is 6.92 Å². The van der Waals surface area contributed by atoms with Crippen LogP contribution >= 0.6 is 11.3 Å². The Morgan fingerprint density at radius 2 is 1.89 bits per heavy atom. The average Bonchev–Trinajstić information content (AvgIpc) is 3.49. The van der Waals surface area contributed by atoms with Crippen molar-refractivity contribution in [3.8, 4) is 26.9 Å². The number of anilines is 1. The smallest absolute Gasteiger partial charge is 0.218 e. The van der Waals surface area contributed by atoms with Crippen molar-refractivity contribution < 1.29 is 13.5 Å². The molecule has 0 atom stereocenters. The lowest BCUT2D eigenvalue weighted by atomic mass is 10.0. The van der Waals surface area contributed by atoms with Gasteiger partial charge in [-0.05, 0) is 48.2 Å². The van der Waals surface area contributed by atoms with Crippen LogP contribution < -0.4 is 5.32 Å². The Morgan fingerprint density at radius 1 is 1.11 bits per heavy atom. The molecule has 5 rings (SSSR count). The van der Waals surface area contributed by atoms with E-state index in [4.69, 9.17) is 0 Å². The third kappa shape index (κ3) is 5.07. The molecule has 182 valence electrons. The number of aromatic nitrogens is 4. The van der Waals surface area contributed by atoms with Crippen molar-refractivity contribution in [2.75, 3.05) is 18.4 Å². The molecule has 3 heterocycles. The molecule has 0 bridgehead atoms. The highest BCUT2D eigenvalue weighted by Gasteiger charge is 2.28. The number of piperidine rings is 1. The molecule has 0 radical (unpaired) electrons. The maximum atomic E-state index is 12.8. The van der Waals surface area contributed by atoms with Crippen molar-refractivity contribution in [3.63, 3.8) is 0 Å². The van der Waals surface area contributed by atoms with Gasteiger partial charge in [-0.1, -0.05) is 42.5 Å². The molecule has 0 aliphatic carbocycles. The second-order valence-electron chi connectivity index (χ2n) is 8.61. The summed E-state index contributed by atoms with van der Waals surface area (Å²) < 4.78 is 27.3. The van der Waals surface area contributed by atoms with Crippen LogP contribution in [0.15, 0.2) is 54.6 Å². The molecule has 11 heteroatoms. The van der Waals surface area contributed by atoms with Gasteiger partial charge in [0.1, 0.15) is 10.6 Å². The Labute approximate surface area is 207 Å². The monoisotopic (exact) mass is 510 g/mol. The largest absolute Gasteiger partial charge is 0.506 e. The zero-order valence-electron chi connectivity index (χ0n) is 19.2. The highest BCUT2D eigenvalue weighted by Crippen LogP contribution is 2.45. The number of sulfonamides is 1. The summed E-state index contributed by atoms with van der Waals surface area (Å²) in [6, 6.07) is 17.5. The first kappa shape index (κ1) is 23.5. The summed E-state index contributed by atoms with van der Waals surface area (Å²) in [5.41, 5.74) is 3.51. The SMILES string of the molecule is Cc1c(-c2cccc(NC3CCN(S(=O)(=O)Cc4ccccc4)CC3)c2)sc(-c2nn[nH]n2)c1O. The van der Waals surface area contributed by atoms with Gasteiger partial charge < -0.3 is 10.4 Å². The summed E-state index contributed by atoms with van der Waals surface area (Å²) in [5, 5.41) is 28.1. The van der Waals surface area contributed by atoms with Gasteiger partial charge >= 0.3 is 0 Å². The van der Waals surface area contributed by atoms with Crippen molar-refractivity contribution in [1.82, 2.24) is 24.9 Å². The Morgan fingerprint density at radius 3 is 2.60 bits per heavy atom. The predicted octanol–water partition coefficient (Wildman–Crippen LogP) is 4.02. The number of hydrogen-bond donors (Lipinski definition) is 3. The van der Waals surface area contributed by atoms with Gasteiger partial charge in [0.2, 0.25) is 15.8 Å². The number of nitrogens with zero attached hydrogens (tertiary/aromatic N) is 4. The van der Waals surface area contributed by atoms with E-state index in [0.29, 0.717) is 23.8 Å². The third-order valence-corrected chi connectivity index (χ3v) is 9.37. The van der Waals surface area contributed by atoms with Crippen molar-refractivity contribution in [1.29, 1.82) is 0 Å². The average molecular weight is 511 g/mol. The molecule has 0 amide bonds. The maximum absolute atomic E-state index is 12.8. The second kappa shape index (κ2) is 9.76. The molecule has 3 N–H and O–H groups in total. The van der Waals surface area contributed by atoms with Crippen LogP contribution in [0.3, 0.4) is 0 Å². The summed E-state index contributed by atoms with van der Waals surface area (Å²) in [4.78, 5) is 1.52. The highest BCUT2D eigenvalue weighted by molar-refractivity contribution is 7.88. The molecule has 4 aromatic rings. The van der Waals surface area contributed by atoms with Crippen LogP contribution in [0.5, 0.6) is 5.75 Å². The Hall–Kier alpha value is -3.28. The van der Waals surface area contributed by atoms with E-state index in [1.54, 1.807) is 4.31 Å². The predicted molar refractivity (Wildman–Crippen MR) is 137 cm³/mol. The van der Waals surface area contributed by atoms with Gasteiger partial charge in [0.15, 0.2) is 0 Å². The van der Waals surface area contributed by atoms with Gasteiger partial charge in [-0.25, -0.2) is 12.7 Å². The van der Waals surface area contributed by atoms with Crippen LogP contribution in [0.4, 0.5) is 5.69 Å². The first-order chi connectivity index (χ1) is 16.9. The molecule has 2 aromatic heterocycles. The fraction of sp³-hybridized carbons (Fsp3) is 0.292. The van der Waals surface area contributed by atoms with Crippen molar-refractivity contribution in [3.05, 3.63) is 65.7 Å². The Balaban J connectivity index is 1.25. The lowest BCUT2D eigenvalue weighted by molar-refractivity contribution is 0.329. The van der Waals surface area contributed by atoms with Gasteiger partial charge in [0.25, 0.3) is 0 Å². The minimum Gasteiger partial charge on any atom is -0.506 e. The number of H-pyrrole nitrogens is 1. The van der Waals surface area contributed by atoms with E-state index in [9.17, 15) is 13.5 Å². The standard InChI is InChI=1S/C24H26N6O3S2/c1-16-21(31)23(24-26-28-29-27-24)34-22(16)18-8-5-9-20(14-18)25-19-10-12-30(13-11-19)35(32,33)15-17-6-3-2-4-7-17/h2-9,14,19,25,31H,10-13,15H2,1H3,(H,26,27,28,29). The van der Waals surface area contributed by atoms with Crippen molar-refractivity contribution in [2.45, 2.75) is 31.6 Å². The third-order valence-electron chi connectivity index (χ3n) is 6.20.